The molecule has 5 heteroatoms. The predicted molar refractivity (Wildman–Crippen MR) is 76.9 cm³/mol. The number of aromatic nitrogens is 1. The highest BCUT2D eigenvalue weighted by molar-refractivity contribution is 7.80. The smallest absolute Gasteiger partial charge is 0.129 e. The Labute approximate surface area is 113 Å². The van der Waals surface area contributed by atoms with Crippen LogP contribution in [0.3, 0.4) is 0 Å². The van der Waals surface area contributed by atoms with Crippen LogP contribution in [0.1, 0.15) is 19.0 Å². The van der Waals surface area contributed by atoms with E-state index in [1.807, 2.05) is 18.2 Å². The number of piperidine rings is 1. The predicted octanol–water partition coefficient (Wildman–Crippen LogP) is 1.58. The van der Waals surface area contributed by atoms with Crippen LogP contribution in [-0.4, -0.2) is 36.3 Å². The molecule has 1 aliphatic heterocycles. The van der Waals surface area contributed by atoms with Crippen molar-refractivity contribution in [3.63, 3.8) is 0 Å². The molecule has 1 fully saturated rings. The molecule has 0 saturated carbocycles. The van der Waals surface area contributed by atoms with Crippen molar-refractivity contribution in [3.8, 4) is 0 Å². The monoisotopic (exact) mass is 265 g/mol. The third kappa shape index (κ3) is 2.79. The van der Waals surface area contributed by atoms with Crippen molar-refractivity contribution in [1.82, 2.24) is 4.98 Å². The van der Waals surface area contributed by atoms with Gasteiger partial charge in [0, 0.05) is 20.2 Å². The zero-order valence-electron chi connectivity index (χ0n) is 10.8. The number of nitrogens with zero attached hydrogens (tertiary/aromatic N) is 2. The maximum atomic E-state index is 5.61. The molecule has 2 unspecified atom stereocenters. The van der Waals surface area contributed by atoms with Gasteiger partial charge >= 0.3 is 0 Å². The first kappa shape index (κ1) is 13.2. The standard InChI is InChI=1S/C13H19N3OS/c1-9-6-7-16(8-11(9)17-2)12-5-3-4-10(15-12)13(14)18/h3-5,9,11H,6-8H2,1-2H3,(H2,14,18). The van der Waals surface area contributed by atoms with Gasteiger partial charge in [-0.15, -0.1) is 0 Å². The maximum Gasteiger partial charge on any atom is 0.129 e. The second kappa shape index (κ2) is 5.63. The lowest BCUT2D eigenvalue weighted by molar-refractivity contribution is 0.0496. The molecule has 0 amide bonds. The van der Waals surface area contributed by atoms with Crippen LogP contribution < -0.4 is 10.6 Å². The quantitative estimate of drug-likeness (QED) is 0.841. The zero-order valence-corrected chi connectivity index (χ0v) is 11.6. The molecule has 2 heterocycles. The third-order valence-corrected chi connectivity index (χ3v) is 3.71. The molecule has 4 nitrogen and oxygen atoms in total. The molecule has 0 aliphatic carbocycles. The number of anilines is 1. The number of nitrogens with two attached hydrogens (primary N) is 1. The number of pyridine rings is 1. The van der Waals surface area contributed by atoms with Crippen molar-refractivity contribution in [2.45, 2.75) is 19.4 Å². The van der Waals surface area contributed by atoms with E-state index in [1.54, 1.807) is 7.11 Å². The highest BCUT2D eigenvalue weighted by atomic mass is 32.1. The topological polar surface area (TPSA) is 51.4 Å². The SMILES string of the molecule is COC1CN(c2cccc(C(N)=S)n2)CCC1C. The first-order chi connectivity index (χ1) is 8.61. The van der Waals surface area contributed by atoms with Crippen molar-refractivity contribution < 1.29 is 4.74 Å². The van der Waals surface area contributed by atoms with Crippen LogP contribution in [0.25, 0.3) is 0 Å². The minimum Gasteiger partial charge on any atom is -0.388 e. The minimum absolute atomic E-state index is 0.258. The Kier molecular flexibility index (Phi) is 4.14. The van der Waals surface area contributed by atoms with Crippen LogP contribution in [0.2, 0.25) is 0 Å². The van der Waals surface area contributed by atoms with Gasteiger partial charge in [-0.2, -0.15) is 0 Å². The van der Waals surface area contributed by atoms with Gasteiger partial charge in [0.2, 0.25) is 0 Å². The summed E-state index contributed by atoms with van der Waals surface area (Å²) in [7, 11) is 1.77. The van der Waals surface area contributed by atoms with Crippen LogP contribution in [-0.2, 0) is 4.74 Å². The van der Waals surface area contributed by atoms with E-state index in [1.165, 1.54) is 0 Å². The summed E-state index contributed by atoms with van der Waals surface area (Å²) < 4.78 is 5.51. The summed E-state index contributed by atoms with van der Waals surface area (Å²) in [6.07, 6.45) is 1.37. The van der Waals surface area contributed by atoms with Gasteiger partial charge < -0.3 is 15.4 Å². The summed E-state index contributed by atoms with van der Waals surface area (Å²) in [4.78, 5) is 7.06. The summed E-state index contributed by atoms with van der Waals surface area (Å²) in [6.45, 7) is 4.09. The molecular weight excluding hydrogens is 246 g/mol. The summed E-state index contributed by atoms with van der Waals surface area (Å²) in [5.41, 5.74) is 6.29. The summed E-state index contributed by atoms with van der Waals surface area (Å²) in [5, 5.41) is 0. The van der Waals surface area contributed by atoms with Crippen molar-refractivity contribution in [3.05, 3.63) is 23.9 Å². The van der Waals surface area contributed by atoms with E-state index in [-0.39, 0.29) is 6.10 Å². The van der Waals surface area contributed by atoms with Gasteiger partial charge in [0.15, 0.2) is 0 Å². The Morgan fingerprint density at radius 2 is 2.33 bits per heavy atom. The Hall–Kier alpha value is -1.20. The summed E-state index contributed by atoms with van der Waals surface area (Å²) in [5.74, 6) is 1.51. The number of ether oxygens (including phenoxy) is 1. The highest BCUT2D eigenvalue weighted by Crippen LogP contribution is 2.23. The first-order valence-corrected chi connectivity index (χ1v) is 6.57. The lowest BCUT2D eigenvalue weighted by Gasteiger charge is -2.37. The van der Waals surface area contributed by atoms with Crippen LogP contribution in [0, 0.1) is 5.92 Å². The van der Waals surface area contributed by atoms with Crippen LogP contribution in [0.15, 0.2) is 18.2 Å². The molecule has 1 aromatic heterocycles. The molecule has 98 valence electrons. The largest absolute Gasteiger partial charge is 0.388 e. The Balaban J connectivity index is 2.16. The van der Waals surface area contributed by atoms with Gasteiger partial charge in [0.25, 0.3) is 0 Å². The Bertz CT molecular complexity index is 438. The fourth-order valence-corrected chi connectivity index (χ4v) is 2.40. The second-order valence-corrected chi connectivity index (χ2v) is 5.17. The normalized spacial score (nSPS) is 24.0. The number of rotatable bonds is 3. The maximum absolute atomic E-state index is 5.61. The second-order valence-electron chi connectivity index (χ2n) is 4.73. The van der Waals surface area contributed by atoms with Gasteiger partial charge in [-0.25, -0.2) is 4.98 Å². The summed E-state index contributed by atoms with van der Waals surface area (Å²) in [6, 6.07) is 5.77. The van der Waals surface area contributed by atoms with Crippen LogP contribution in [0.4, 0.5) is 5.82 Å². The van der Waals surface area contributed by atoms with E-state index in [9.17, 15) is 0 Å². The molecule has 2 atom stereocenters. The molecule has 2 N–H and O–H groups in total. The van der Waals surface area contributed by atoms with Crippen molar-refractivity contribution in [2.75, 3.05) is 25.1 Å². The first-order valence-electron chi connectivity index (χ1n) is 6.16. The number of methoxy groups -OCH3 is 1. The van der Waals surface area contributed by atoms with E-state index in [2.05, 4.69) is 16.8 Å². The Morgan fingerprint density at radius 1 is 1.56 bits per heavy atom. The Morgan fingerprint density at radius 3 is 3.00 bits per heavy atom. The third-order valence-electron chi connectivity index (χ3n) is 3.50. The summed E-state index contributed by atoms with van der Waals surface area (Å²) >= 11 is 4.96. The molecule has 0 spiro atoms. The lowest BCUT2D eigenvalue weighted by Crippen LogP contribution is -2.44. The fraction of sp³-hybridized carbons (Fsp3) is 0.538. The van der Waals surface area contributed by atoms with Crippen LogP contribution in [0.5, 0.6) is 0 Å². The lowest BCUT2D eigenvalue weighted by atomic mass is 9.96. The van der Waals surface area contributed by atoms with Gasteiger partial charge in [0.1, 0.15) is 10.8 Å². The number of hydrogen-bond acceptors (Lipinski definition) is 4. The van der Waals surface area contributed by atoms with Gasteiger partial charge in [0.05, 0.1) is 11.8 Å². The van der Waals surface area contributed by atoms with E-state index in [0.717, 1.165) is 25.3 Å². The molecule has 0 bridgehead atoms. The van der Waals surface area contributed by atoms with Gasteiger partial charge in [-0.1, -0.05) is 25.2 Å². The fourth-order valence-electron chi connectivity index (χ4n) is 2.29. The molecule has 1 aliphatic rings. The minimum atomic E-state index is 0.258. The highest BCUT2D eigenvalue weighted by Gasteiger charge is 2.26. The number of hydrogen-bond donors (Lipinski definition) is 1. The molecule has 0 aromatic carbocycles. The molecule has 1 saturated heterocycles. The van der Waals surface area contributed by atoms with Crippen molar-refractivity contribution >= 4 is 23.0 Å². The molecule has 2 rings (SSSR count). The average molecular weight is 265 g/mol. The molecule has 18 heavy (non-hydrogen) atoms. The van der Waals surface area contributed by atoms with Crippen molar-refractivity contribution in [1.29, 1.82) is 0 Å². The molecule has 1 aromatic rings. The van der Waals surface area contributed by atoms with Crippen molar-refractivity contribution in [2.24, 2.45) is 11.7 Å². The van der Waals surface area contributed by atoms with E-state index in [0.29, 0.717) is 16.6 Å². The van der Waals surface area contributed by atoms with Gasteiger partial charge in [-0.3, -0.25) is 0 Å². The van der Waals surface area contributed by atoms with E-state index < -0.39 is 0 Å². The van der Waals surface area contributed by atoms with E-state index >= 15 is 0 Å². The average Bonchev–Trinajstić information content (AvgIpc) is 2.39. The zero-order chi connectivity index (χ0) is 13.1. The van der Waals surface area contributed by atoms with Crippen LogP contribution >= 0.6 is 12.2 Å². The molecule has 0 radical (unpaired) electrons. The van der Waals surface area contributed by atoms with E-state index in [4.69, 9.17) is 22.7 Å². The molecular formula is C13H19N3OS. The van der Waals surface area contributed by atoms with Gasteiger partial charge in [-0.05, 0) is 24.5 Å². The number of thiocarbonyl (C=S) groups is 1.